The maximum Gasteiger partial charge on any atom is 0.276 e. The Bertz CT molecular complexity index is 673. The molecule has 1 aliphatic heterocycles. The highest BCUT2D eigenvalue weighted by molar-refractivity contribution is 5.95. The zero-order valence-electron chi connectivity index (χ0n) is 11.7. The fourth-order valence-corrected chi connectivity index (χ4v) is 1.91. The van der Waals surface area contributed by atoms with Gasteiger partial charge in [0.1, 0.15) is 18.9 Å². The second kappa shape index (κ2) is 5.35. The van der Waals surface area contributed by atoms with Gasteiger partial charge in [-0.2, -0.15) is 4.98 Å². The zero-order valence-corrected chi connectivity index (χ0v) is 11.7. The number of pyridine rings is 1. The van der Waals surface area contributed by atoms with Crippen LogP contribution < -0.4 is 9.47 Å². The molecule has 3 rings (SSSR count). The molecule has 1 amide bonds. The summed E-state index contributed by atoms with van der Waals surface area (Å²) in [6.07, 6.45) is 1.64. The van der Waals surface area contributed by atoms with Crippen LogP contribution in [0.25, 0.3) is 11.5 Å². The molecule has 2 aromatic rings. The topological polar surface area (TPSA) is 77.4 Å². The molecule has 0 aromatic carbocycles. The van der Waals surface area contributed by atoms with Crippen molar-refractivity contribution >= 4 is 5.91 Å². The molecule has 3 heterocycles. The first-order valence-electron chi connectivity index (χ1n) is 6.47. The number of rotatable bonds is 2. The van der Waals surface area contributed by atoms with E-state index in [2.05, 4.69) is 15.0 Å². The number of carbonyl (C=O) groups is 1. The van der Waals surface area contributed by atoms with Crippen LogP contribution in [0.15, 0.2) is 24.4 Å². The van der Waals surface area contributed by atoms with Gasteiger partial charge in [-0.3, -0.25) is 9.78 Å². The molecular formula is C14H14N4O3. The molecule has 7 heteroatoms. The van der Waals surface area contributed by atoms with Crippen molar-refractivity contribution < 1.29 is 14.3 Å². The summed E-state index contributed by atoms with van der Waals surface area (Å²) in [5, 5.41) is 0. The number of aromatic nitrogens is 3. The summed E-state index contributed by atoms with van der Waals surface area (Å²) in [5.74, 6) is 0.642. The van der Waals surface area contributed by atoms with E-state index in [0.29, 0.717) is 30.5 Å². The molecule has 0 spiro atoms. The molecule has 0 fully saturated rings. The minimum Gasteiger partial charge on any atom is -0.483 e. The first kappa shape index (κ1) is 13.3. The SMILES string of the molecule is CN(C)C(=O)c1nc(-c2ccccn2)nc2c1OCCO2. The lowest BCUT2D eigenvalue weighted by Gasteiger charge is -2.21. The van der Waals surface area contributed by atoms with Crippen molar-refractivity contribution in [1.82, 2.24) is 19.9 Å². The van der Waals surface area contributed by atoms with Crippen LogP contribution in [0.5, 0.6) is 11.6 Å². The Morgan fingerprint density at radius 3 is 2.71 bits per heavy atom. The van der Waals surface area contributed by atoms with Gasteiger partial charge >= 0.3 is 0 Å². The average Bonchev–Trinajstić information content (AvgIpc) is 2.54. The molecule has 0 unspecified atom stereocenters. The Kier molecular flexibility index (Phi) is 3.39. The normalized spacial score (nSPS) is 12.9. The van der Waals surface area contributed by atoms with Crippen LogP contribution >= 0.6 is 0 Å². The lowest BCUT2D eigenvalue weighted by atomic mass is 10.2. The molecule has 7 nitrogen and oxygen atoms in total. The van der Waals surface area contributed by atoms with E-state index in [4.69, 9.17) is 9.47 Å². The third kappa shape index (κ3) is 2.49. The summed E-state index contributed by atoms with van der Waals surface area (Å²) >= 11 is 0. The summed E-state index contributed by atoms with van der Waals surface area (Å²) in [6.45, 7) is 0.758. The van der Waals surface area contributed by atoms with Gasteiger partial charge < -0.3 is 14.4 Å². The van der Waals surface area contributed by atoms with Gasteiger partial charge in [-0.05, 0) is 12.1 Å². The van der Waals surface area contributed by atoms with E-state index in [1.54, 1.807) is 32.4 Å². The van der Waals surface area contributed by atoms with E-state index in [0.717, 1.165) is 0 Å². The summed E-state index contributed by atoms with van der Waals surface area (Å²) in [6, 6.07) is 5.40. The highest BCUT2D eigenvalue weighted by Gasteiger charge is 2.26. The monoisotopic (exact) mass is 286 g/mol. The molecule has 0 saturated carbocycles. The van der Waals surface area contributed by atoms with Crippen molar-refractivity contribution in [2.45, 2.75) is 0 Å². The molecule has 0 radical (unpaired) electrons. The van der Waals surface area contributed by atoms with Crippen molar-refractivity contribution in [3.8, 4) is 23.1 Å². The molecule has 0 aliphatic carbocycles. The van der Waals surface area contributed by atoms with E-state index in [1.807, 2.05) is 6.07 Å². The predicted octanol–water partition coefficient (Wildman–Crippen LogP) is 1.01. The highest BCUT2D eigenvalue weighted by atomic mass is 16.6. The maximum absolute atomic E-state index is 12.3. The number of fused-ring (bicyclic) bond motifs is 1. The van der Waals surface area contributed by atoms with Crippen LogP contribution in [0.3, 0.4) is 0 Å². The van der Waals surface area contributed by atoms with E-state index in [-0.39, 0.29) is 17.5 Å². The lowest BCUT2D eigenvalue weighted by molar-refractivity contribution is 0.0808. The molecular weight excluding hydrogens is 272 g/mol. The lowest BCUT2D eigenvalue weighted by Crippen LogP contribution is -2.27. The molecule has 2 aromatic heterocycles. The van der Waals surface area contributed by atoms with Gasteiger partial charge in [-0.15, -0.1) is 0 Å². The largest absolute Gasteiger partial charge is 0.483 e. The average molecular weight is 286 g/mol. The molecule has 0 bridgehead atoms. The van der Waals surface area contributed by atoms with Gasteiger partial charge in [0.15, 0.2) is 11.5 Å². The number of nitrogens with zero attached hydrogens (tertiary/aromatic N) is 4. The molecule has 0 N–H and O–H groups in total. The first-order valence-corrected chi connectivity index (χ1v) is 6.47. The Hall–Kier alpha value is -2.70. The van der Waals surface area contributed by atoms with Crippen LogP contribution in [0.2, 0.25) is 0 Å². The Morgan fingerprint density at radius 2 is 2.00 bits per heavy atom. The van der Waals surface area contributed by atoms with Crippen molar-refractivity contribution in [1.29, 1.82) is 0 Å². The van der Waals surface area contributed by atoms with E-state index < -0.39 is 0 Å². The van der Waals surface area contributed by atoms with Gasteiger partial charge in [-0.25, -0.2) is 4.98 Å². The van der Waals surface area contributed by atoms with Crippen LogP contribution in [-0.4, -0.2) is 53.1 Å². The van der Waals surface area contributed by atoms with E-state index >= 15 is 0 Å². The summed E-state index contributed by atoms with van der Waals surface area (Å²) in [7, 11) is 3.31. The first-order chi connectivity index (χ1) is 10.2. The van der Waals surface area contributed by atoms with Crippen molar-refractivity contribution in [2.75, 3.05) is 27.3 Å². The number of ether oxygens (including phenoxy) is 2. The number of amides is 1. The van der Waals surface area contributed by atoms with Gasteiger partial charge in [0.25, 0.3) is 11.8 Å². The van der Waals surface area contributed by atoms with E-state index in [9.17, 15) is 4.79 Å². The standard InChI is InChI=1S/C14H14N4O3/c1-18(2)14(19)10-11-13(21-8-7-20-11)17-12(16-10)9-5-3-4-6-15-9/h3-6H,7-8H2,1-2H3. The van der Waals surface area contributed by atoms with Crippen LogP contribution in [0, 0.1) is 0 Å². The smallest absolute Gasteiger partial charge is 0.276 e. The Labute approximate surface area is 121 Å². The van der Waals surface area contributed by atoms with Gasteiger partial charge in [0.2, 0.25) is 5.75 Å². The Balaban J connectivity index is 2.16. The van der Waals surface area contributed by atoms with E-state index in [1.165, 1.54) is 4.90 Å². The molecule has 21 heavy (non-hydrogen) atoms. The van der Waals surface area contributed by atoms with Gasteiger partial charge in [-0.1, -0.05) is 6.07 Å². The summed E-state index contributed by atoms with van der Waals surface area (Å²) in [4.78, 5) is 26.5. The minimum absolute atomic E-state index is 0.186. The summed E-state index contributed by atoms with van der Waals surface area (Å²) < 4.78 is 11.0. The fourth-order valence-electron chi connectivity index (χ4n) is 1.91. The van der Waals surface area contributed by atoms with Crippen LogP contribution in [-0.2, 0) is 0 Å². The quantitative estimate of drug-likeness (QED) is 0.820. The maximum atomic E-state index is 12.3. The minimum atomic E-state index is -0.267. The van der Waals surface area contributed by atoms with Crippen LogP contribution in [0.1, 0.15) is 10.5 Å². The summed E-state index contributed by atoms with van der Waals surface area (Å²) in [5.41, 5.74) is 0.757. The predicted molar refractivity (Wildman–Crippen MR) is 74.3 cm³/mol. The fraction of sp³-hybridized carbons (Fsp3) is 0.286. The molecule has 108 valence electrons. The molecule has 0 saturated heterocycles. The third-order valence-corrected chi connectivity index (χ3v) is 2.91. The second-order valence-electron chi connectivity index (χ2n) is 4.64. The third-order valence-electron chi connectivity index (χ3n) is 2.91. The van der Waals surface area contributed by atoms with Crippen molar-refractivity contribution in [3.63, 3.8) is 0 Å². The second-order valence-corrected chi connectivity index (χ2v) is 4.64. The van der Waals surface area contributed by atoms with Crippen LogP contribution in [0.4, 0.5) is 0 Å². The number of carbonyl (C=O) groups excluding carboxylic acids is 1. The molecule has 0 atom stereocenters. The molecule has 1 aliphatic rings. The zero-order chi connectivity index (χ0) is 14.8. The Morgan fingerprint density at radius 1 is 1.19 bits per heavy atom. The van der Waals surface area contributed by atoms with Gasteiger partial charge in [0.05, 0.1) is 0 Å². The van der Waals surface area contributed by atoms with Crippen molar-refractivity contribution in [2.24, 2.45) is 0 Å². The van der Waals surface area contributed by atoms with Gasteiger partial charge in [0, 0.05) is 20.3 Å². The number of hydrogen-bond acceptors (Lipinski definition) is 6. The highest BCUT2D eigenvalue weighted by Crippen LogP contribution is 2.33. The van der Waals surface area contributed by atoms with Crippen molar-refractivity contribution in [3.05, 3.63) is 30.1 Å². The number of hydrogen-bond donors (Lipinski definition) is 0.